The van der Waals surface area contributed by atoms with E-state index in [4.69, 9.17) is 10.2 Å². The first-order valence-corrected chi connectivity index (χ1v) is 7.19. The van der Waals surface area contributed by atoms with Gasteiger partial charge in [-0.2, -0.15) is 4.98 Å². The minimum atomic E-state index is -0.442. The van der Waals surface area contributed by atoms with E-state index in [9.17, 15) is 10.1 Å². The molecule has 1 aliphatic carbocycles. The molecule has 112 valence electrons. The van der Waals surface area contributed by atoms with Gasteiger partial charge in [-0.15, -0.1) is 0 Å². The summed E-state index contributed by atoms with van der Waals surface area (Å²) in [5.74, 6) is 0.541. The van der Waals surface area contributed by atoms with Crippen LogP contribution in [0.4, 0.5) is 11.7 Å². The van der Waals surface area contributed by atoms with Gasteiger partial charge in [0.25, 0.3) is 11.7 Å². The van der Waals surface area contributed by atoms with E-state index in [1.165, 1.54) is 37.8 Å². The number of non-ortho nitro benzene ring substituents is 1. The second-order valence-corrected chi connectivity index (χ2v) is 5.46. The highest BCUT2D eigenvalue weighted by molar-refractivity contribution is 5.77. The molecule has 7 nitrogen and oxygen atoms in total. The number of nitrogens with one attached hydrogen (secondary N) is 1. The van der Waals surface area contributed by atoms with Crippen LogP contribution < -0.4 is 11.1 Å². The molecular weight excluding hydrogens is 272 g/mol. The molecule has 0 aliphatic heterocycles. The monoisotopic (exact) mass is 290 g/mol. The summed E-state index contributed by atoms with van der Waals surface area (Å²) in [6, 6.07) is 4.91. The molecule has 1 atom stereocenters. The molecule has 1 heterocycles. The predicted molar refractivity (Wildman–Crippen MR) is 79.1 cm³/mol. The molecule has 21 heavy (non-hydrogen) atoms. The fourth-order valence-electron chi connectivity index (χ4n) is 2.98. The molecule has 1 unspecified atom stereocenters. The van der Waals surface area contributed by atoms with E-state index >= 15 is 0 Å². The third kappa shape index (κ3) is 2.82. The van der Waals surface area contributed by atoms with E-state index in [1.807, 2.05) is 0 Å². The average Bonchev–Trinajstić information content (AvgIpc) is 3.12. The van der Waals surface area contributed by atoms with Gasteiger partial charge in [0.1, 0.15) is 5.52 Å². The molecule has 2 aromatic rings. The summed E-state index contributed by atoms with van der Waals surface area (Å²) in [6.07, 6.45) is 4.81. The summed E-state index contributed by atoms with van der Waals surface area (Å²) in [7, 11) is 0. The highest BCUT2D eigenvalue weighted by atomic mass is 16.6. The van der Waals surface area contributed by atoms with Crippen LogP contribution in [0.1, 0.15) is 25.7 Å². The zero-order valence-corrected chi connectivity index (χ0v) is 11.6. The molecular formula is C14H18N4O3. The summed E-state index contributed by atoms with van der Waals surface area (Å²) in [6.45, 7) is 0.517. The summed E-state index contributed by atoms with van der Waals surface area (Å²) >= 11 is 0. The van der Waals surface area contributed by atoms with Gasteiger partial charge in [-0.1, -0.05) is 12.8 Å². The number of nitrogens with zero attached hydrogens (tertiary/aromatic N) is 2. The van der Waals surface area contributed by atoms with E-state index in [1.54, 1.807) is 6.07 Å². The second-order valence-electron chi connectivity index (χ2n) is 5.46. The summed E-state index contributed by atoms with van der Waals surface area (Å²) in [5.41, 5.74) is 6.86. The maximum atomic E-state index is 10.8. The number of nitro benzene ring substituents is 1. The van der Waals surface area contributed by atoms with Gasteiger partial charge in [0.15, 0.2) is 5.58 Å². The first-order valence-electron chi connectivity index (χ1n) is 7.19. The molecule has 1 aliphatic rings. The Bertz CT molecular complexity index is 649. The Hall–Kier alpha value is -2.15. The minimum Gasteiger partial charge on any atom is -0.424 e. The Balaban J connectivity index is 1.81. The zero-order chi connectivity index (χ0) is 14.8. The van der Waals surface area contributed by atoms with Gasteiger partial charge in [0, 0.05) is 24.7 Å². The number of hydrogen-bond acceptors (Lipinski definition) is 6. The first-order chi connectivity index (χ1) is 10.2. The lowest BCUT2D eigenvalue weighted by Gasteiger charge is -2.21. The highest BCUT2D eigenvalue weighted by Crippen LogP contribution is 2.30. The predicted octanol–water partition coefficient (Wildman–Crippen LogP) is 2.67. The molecule has 0 bridgehead atoms. The van der Waals surface area contributed by atoms with Crippen molar-refractivity contribution in [3.8, 4) is 0 Å². The van der Waals surface area contributed by atoms with Crippen LogP contribution in [0.3, 0.4) is 0 Å². The topological polar surface area (TPSA) is 107 Å². The molecule has 1 saturated carbocycles. The second kappa shape index (κ2) is 5.69. The molecule has 0 radical (unpaired) electrons. The van der Waals surface area contributed by atoms with Gasteiger partial charge >= 0.3 is 0 Å². The van der Waals surface area contributed by atoms with Crippen LogP contribution in [0.15, 0.2) is 22.6 Å². The zero-order valence-electron chi connectivity index (χ0n) is 11.6. The number of hydrogen-bond donors (Lipinski definition) is 2. The van der Waals surface area contributed by atoms with Crippen molar-refractivity contribution in [2.75, 3.05) is 11.9 Å². The minimum absolute atomic E-state index is 0.00789. The van der Waals surface area contributed by atoms with Gasteiger partial charge in [0.05, 0.1) is 4.92 Å². The lowest BCUT2D eigenvalue weighted by atomic mass is 9.98. The van der Waals surface area contributed by atoms with Crippen LogP contribution in [-0.2, 0) is 0 Å². The number of anilines is 1. The van der Waals surface area contributed by atoms with Crippen molar-refractivity contribution in [1.82, 2.24) is 4.98 Å². The van der Waals surface area contributed by atoms with Crippen molar-refractivity contribution in [1.29, 1.82) is 0 Å². The van der Waals surface area contributed by atoms with Crippen LogP contribution >= 0.6 is 0 Å². The maximum Gasteiger partial charge on any atom is 0.295 e. The lowest BCUT2D eigenvalue weighted by molar-refractivity contribution is -0.384. The average molecular weight is 290 g/mol. The molecule has 1 fully saturated rings. The van der Waals surface area contributed by atoms with Crippen LogP contribution in [0.25, 0.3) is 11.1 Å². The van der Waals surface area contributed by atoms with Crippen LogP contribution in [0.5, 0.6) is 0 Å². The van der Waals surface area contributed by atoms with Gasteiger partial charge < -0.3 is 15.5 Å². The number of rotatable bonds is 5. The molecule has 7 heteroatoms. The normalized spacial score (nSPS) is 17.2. The molecule has 0 amide bonds. The summed E-state index contributed by atoms with van der Waals surface area (Å²) < 4.78 is 5.59. The third-order valence-corrected chi connectivity index (χ3v) is 4.11. The number of benzene rings is 1. The van der Waals surface area contributed by atoms with Gasteiger partial charge in [0.2, 0.25) is 0 Å². The van der Waals surface area contributed by atoms with E-state index in [2.05, 4.69) is 10.3 Å². The largest absolute Gasteiger partial charge is 0.424 e. The van der Waals surface area contributed by atoms with Gasteiger partial charge in [-0.3, -0.25) is 10.1 Å². The highest BCUT2D eigenvalue weighted by Gasteiger charge is 2.25. The maximum absolute atomic E-state index is 10.8. The Kier molecular flexibility index (Phi) is 3.74. The number of nitrogens with two attached hydrogens (primary N) is 1. The van der Waals surface area contributed by atoms with E-state index in [0.29, 0.717) is 29.6 Å². The van der Waals surface area contributed by atoms with Crippen molar-refractivity contribution >= 4 is 22.8 Å². The molecule has 1 aromatic carbocycles. The van der Waals surface area contributed by atoms with Crippen molar-refractivity contribution in [3.63, 3.8) is 0 Å². The van der Waals surface area contributed by atoms with E-state index in [-0.39, 0.29) is 11.7 Å². The third-order valence-electron chi connectivity index (χ3n) is 4.11. The number of aromatic nitrogens is 1. The fourth-order valence-corrected chi connectivity index (χ4v) is 2.98. The number of nitro groups is 1. The van der Waals surface area contributed by atoms with Crippen LogP contribution in [0, 0.1) is 16.0 Å². The Morgan fingerprint density at radius 2 is 2.24 bits per heavy atom. The number of oxazole rings is 1. The van der Waals surface area contributed by atoms with Gasteiger partial charge in [-0.05, 0) is 24.8 Å². The number of fused-ring (bicyclic) bond motifs is 1. The SMILES string of the molecule is NCC(Nc1nc2cc([N+](=O)[O-])ccc2o1)C1CCCC1. The summed E-state index contributed by atoms with van der Waals surface area (Å²) in [4.78, 5) is 14.6. The lowest BCUT2D eigenvalue weighted by Crippen LogP contribution is -2.35. The smallest absolute Gasteiger partial charge is 0.295 e. The van der Waals surface area contributed by atoms with Gasteiger partial charge in [-0.25, -0.2) is 0 Å². The van der Waals surface area contributed by atoms with E-state index in [0.717, 1.165) is 0 Å². The Morgan fingerprint density at radius 1 is 1.48 bits per heavy atom. The van der Waals surface area contributed by atoms with Crippen molar-refractivity contribution in [2.24, 2.45) is 11.7 Å². The Labute approximate surface area is 121 Å². The van der Waals surface area contributed by atoms with Crippen LogP contribution in [-0.4, -0.2) is 22.5 Å². The molecule has 3 rings (SSSR count). The molecule has 3 N–H and O–H groups in total. The van der Waals surface area contributed by atoms with Crippen LogP contribution in [0.2, 0.25) is 0 Å². The quantitative estimate of drug-likeness (QED) is 0.647. The standard InChI is InChI=1S/C14H18N4O3/c15-8-12(9-3-1-2-4-9)17-14-16-11-7-10(18(19)20)5-6-13(11)21-14/h5-7,9,12H,1-4,8,15H2,(H,16,17). The van der Waals surface area contributed by atoms with Crippen molar-refractivity contribution in [2.45, 2.75) is 31.7 Å². The molecule has 0 spiro atoms. The van der Waals surface area contributed by atoms with Crippen molar-refractivity contribution in [3.05, 3.63) is 28.3 Å². The fraction of sp³-hybridized carbons (Fsp3) is 0.500. The molecule has 0 saturated heterocycles. The molecule has 1 aromatic heterocycles. The van der Waals surface area contributed by atoms with E-state index < -0.39 is 4.92 Å². The van der Waals surface area contributed by atoms with Crippen molar-refractivity contribution < 1.29 is 9.34 Å². The Morgan fingerprint density at radius 3 is 2.90 bits per heavy atom. The first kappa shape index (κ1) is 13.8. The summed E-state index contributed by atoms with van der Waals surface area (Å²) in [5, 5.41) is 14.0.